The molecular weight excluding hydrogens is 446 g/mol. The molecule has 0 unspecified atom stereocenters. The highest BCUT2D eigenvalue weighted by atomic mass is 19.1. The summed E-state index contributed by atoms with van der Waals surface area (Å²) in [7, 11) is 0. The van der Waals surface area contributed by atoms with Crippen molar-refractivity contribution in [3.8, 4) is 5.75 Å². The highest BCUT2D eigenvalue weighted by Gasteiger charge is 2.38. The summed E-state index contributed by atoms with van der Waals surface area (Å²) < 4.78 is 62.5. The first kappa shape index (κ1) is 23.2. The summed E-state index contributed by atoms with van der Waals surface area (Å²) in [5, 5.41) is 1.02. The molecule has 2 aliphatic rings. The Morgan fingerprint density at radius 2 is 1.79 bits per heavy atom. The van der Waals surface area contributed by atoms with Gasteiger partial charge in [-0.1, -0.05) is 18.2 Å². The molecule has 1 saturated heterocycles. The third kappa shape index (κ3) is 4.18. The van der Waals surface area contributed by atoms with Gasteiger partial charge in [-0.2, -0.15) is 0 Å². The van der Waals surface area contributed by atoms with E-state index in [2.05, 4.69) is 4.98 Å². The van der Waals surface area contributed by atoms with Gasteiger partial charge >= 0.3 is 0 Å². The van der Waals surface area contributed by atoms with Gasteiger partial charge in [0.05, 0.1) is 12.7 Å². The largest absolute Gasteiger partial charge is 0.492 e. The Morgan fingerprint density at radius 3 is 2.50 bits per heavy atom. The SMILES string of the molecule is C[C@@H]1Cc2c([nH]c3ccccc23)[C@H](c2c(F)cc(OCCN3CC(CF)C3)cc2F)N1CCF. The van der Waals surface area contributed by atoms with Crippen LogP contribution >= 0.6 is 0 Å². The molecule has 0 amide bonds. The number of hydrogen-bond acceptors (Lipinski definition) is 3. The van der Waals surface area contributed by atoms with Crippen LogP contribution in [-0.2, 0) is 6.42 Å². The number of nitrogens with zero attached hydrogens (tertiary/aromatic N) is 2. The van der Waals surface area contributed by atoms with Crippen LogP contribution in [-0.4, -0.2) is 67.0 Å². The zero-order chi connectivity index (χ0) is 23.8. The fourth-order valence-corrected chi connectivity index (χ4v) is 5.42. The summed E-state index contributed by atoms with van der Waals surface area (Å²) in [6, 6.07) is 9.33. The predicted molar refractivity (Wildman–Crippen MR) is 124 cm³/mol. The topological polar surface area (TPSA) is 31.5 Å². The minimum atomic E-state index is -0.769. The average molecular weight is 476 g/mol. The molecule has 1 N–H and O–H groups in total. The van der Waals surface area contributed by atoms with E-state index in [1.807, 2.05) is 41.0 Å². The molecule has 0 saturated carbocycles. The number of aromatic amines is 1. The summed E-state index contributed by atoms with van der Waals surface area (Å²) in [5.41, 5.74) is 2.52. The lowest BCUT2D eigenvalue weighted by Crippen LogP contribution is -2.49. The second kappa shape index (κ2) is 9.58. The van der Waals surface area contributed by atoms with Crippen molar-refractivity contribution in [1.82, 2.24) is 14.8 Å². The molecule has 34 heavy (non-hydrogen) atoms. The first-order valence-electron chi connectivity index (χ1n) is 11.8. The van der Waals surface area contributed by atoms with E-state index in [-0.39, 0.29) is 43.1 Å². The maximum absolute atomic E-state index is 15.4. The van der Waals surface area contributed by atoms with Crippen molar-refractivity contribution in [2.45, 2.75) is 25.4 Å². The zero-order valence-electron chi connectivity index (χ0n) is 19.2. The number of likely N-dealkylation sites (tertiary alicyclic amines) is 1. The van der Waals surface area contributed by atoms with Gasteiger partial charge in [0.2, 0.25) is 0 Å². The Bertz CT molecular complexity index is 1140. The standard InChI is InChI=1S/C26H29F4N3O/c1-16-10-20-19-4-2-3-5-23(19)31-25(20)26(33(16)7-6-27)24-21(29)11-18(12-22(24)30)34-9-8-32-14-17(13-28)15-32/h2-5,11-12,16-17,26,31H,6-10,13-15H2,1H3/t16-,26+/m1/s1. The molecule has 3 aromatic rings. The maximum atomic E-state index is 15.4. The van der Waals surface area contributed by atoms with Gasteiger partial charge in [-0.25, -0.2) is 13.2 Å². The van der Waals surface area contributed by atoms with Crippen LogP contribution in [0.2, 0.25) is 0 Å². The van der Waals surface area contributed by atoms with Gasteiger partial charge in [-0.15, -0.1) is 0 Å². The number of benzene rings is 2. The summed E-state index contributed by atoms with van der Waals surface area (Å²) in [5.74, 6) is -1.25. The third-order valence-electron chi connectivity index (χ3n) is 7.11. The highest BCUT2D eigenvalue weighted by molar-refractivity contribution is 5.85. The number of fused-ring (bicyclic) bond motifs is 3. The van der Waals surface area contributed by atoms with Crippen LogP contribution in [0.1, 0.15) is 29.8 Å². The number of para-hydroxylation sites is 1. The number of H-pyrrole nitrogens is 1. The van der Waals surface area contributed by atoms with Crippen LogP contribution < -0.4 is 4.74 Å². The van der Waals surface area contributed by atoms with E-state index in [4.69, 9.17) is 4.74 Å². The van der Waals surface area contributed by atoms with E-state index in [0.717, 1.165) is 16.5 Å². The first-order chi connectivity index (χ1) is 16.5. The number of halogens is 4. The quantitative estimate of drug-likeness (QED) is 0.464. The molecule has 5 rings (SSSR count). The molecular formula is C26H29F4N3O. The monoisotopic (exact) mass is 475 g/mol. The van der Waals surface area contributed by atoms with E-state index in [1.165, 1.54) is 12.1 Å². The van der Waals surface area contributed by atoms with Crippen molar-refractivity contribution < 1.29 is 22.3 Å². The number of rotatable bonds is 8. The lowest BCUT2D eigenvalue weighted by Gasteiger charge is -2.40. The molecule has 0 radical (unpaired) electrons. The number of hydrogen-bond donors (Lipinski definition) is 1. The molecule has 0 aliphatic carbocycles. The van der Waals surface area contributed by atoms with Crippen LogP contribution in [0.15, 0.2) is 36.4 Å². The van der Waals surface area contributed by atoms with Gasteiger partial charge in [-0.3, -0.25) is 14.2 Å². The number of ether oxygens (including phenoxy) is 1. The molecule has 1 fully saturated rings. The minimum Gasteiger partial charge on any atom is -0.492 e. The van der Waals surface area contributed by atoms with Gasteiger partial charge in [0.15, 0.2) is 0 Å². The van der Waals surface area contributed by atoms with E-state index >= 15 is 8.78 Å². The van der Waals surface area contributed by atoms with Crippen molar-refractivity contribution in [3.63, 3.8) is 0 Å². The normalized spacial score (nSPS) is 21.6. The van der Waals surface area contributed by atoms with Crippen molar-refractivity contribution in [1.29, 1.82) is 0 Å². The van der Waals surface area contributed by atoms with E-state index in [9.17, 15) is 8.78 Å². The Hall–Kier alpha value is -2.58. The predicted octanol–water partition coefficient (Wildman–Crippen LogP) is 5.03. The van der Waals surface area contributed by atoms with Crippen LogP contribution in [0.3, 0.4) is 0 Å². The van der Waals surface area contributed by atoms with Crippen LogP contribution in [0.4, 0.5) is 17.6 Å². The number of nitrogens with one attached hydrogen (secondary N) is 1. The second-order valence-electron chi connectivity index (χ2n) is 9.37. The van der Waals surface area contributed by atoms with Crippen molar-refractivity contribution in [2.24, 2.45) is 5.92 Å². The summed E-state index contributed by atoms with van der Waals surface area (Å²) >= 11 is 0. The van der Waals surface area contributed by atoms with Crippen molar-refractivity contribution in [3.05, 3.63) is 64.9 Å². The summed E-state index contributed by atoms with van der Waals surface area (Å²) in [4.78, 5) is 7.22. The summed E-state index contributed by atoms with van der Waals surface area (Å²) in [6.45, 7) is 3.30. The summed E-state index contributed by atoms with van der Waals surface area (Å²) in [6.07, 6.45) is 0.667. The highest BCUT2D eigenvalue weighted by Crippen LogP contribution is 2.42. The molecule has 1 aromatic heterocycles. The van der Waals surface area contributed by atoms with Gasteiger partial charge in [-0.05, 0) is 25.0 Å². The molecule has 182 valence electrons. The van der Waals surface area contributed by atoms with Crippen LogP contribution in [0.25, 0.3) is 10.9 Å². The third-order valence-corrected chi connectivity index (χ3v) is 7.11. The maximum Gasteiger partial charge on any atom is 0.135 e. The van der Waals surface area contributed by atoms with Crippen molar-refractivity contribution in [2.75, 3.05) is 46.1 Å². The lowest BCUT2D eigenvalue weighted by molar-refractivity contribution is 0.0667. The Morgan fingerprint density at radius 1 is 1.06 bits per heavy atom. The number of alkyl halides is 2. The Balaban J connectivity index is 1.44. The zero-order valence-corrected chi connectivity index (χ0v) is 19.2. The van der Waals surface area contributed by atoms with Crippen LogP contribution in [0.5, 0.6) is 5.75 Å². The smallest absolute Gasteiger partial charge is 0.135 e. The van der Waals surface area contributed by atoms with Gasteiger partial charge in [0, 0.05) is 72.4 Å². The molecule has 2 atom stereocenters. The van der Waals surface area contributed by atoms with E-state index < -0.39 is 24.4 Å². The molecule has 0 bridgehead atoms. The molecule has 2 aromatic carbocycles. The molecule has 2 aliphatic heterocycles. The molecule has 3 heterocycles. The number of aromatic nitrogens is 1. The van der Waals surface area contributed by atoms with Crippen molar-refractivity contribution >= 4 is 10.9 Å². The Kier molecular flexibility index (Phi) is 6.53. The first-order valence-corrected chi connectivity index (χ1v) is 11.8. The molecule has 0 spiro atoms. The van der Waals surface area contributed by atoms with E-state index in [1.54, 1.807) is 0 Å². The Labute approximate surface area is 196 Å². The fourth-order valence-electron chi connectivity index (χ4n) is 5.42. The minimum absolute atomic E-state index is 0.0769. The molecule has 4 nitrogen and oxygen atoms in total. The fraction of sp³-hybridized carbons (Fsp3) is 0.462. The van der Waals surface area contributed by atoms with E-state index in [0.29, 0.717) is 31.7 Å². The molecule has 8 heteroatoms. The van der Waals surface area contributed by atoms with Crippen LogP contribution in [0, 0.1) is 17.6 Å². The van der Waals surface area contributed by atoms with Gasteiger partial charge in [0.1, 0.15) is 30.7 Å². The lowest BCUT2D eigenvalue weighted by atomic mass is 9.88. The average Bonchev–Trinajstić information content (AvgIpc) is 3.15. The second-order valence-corrected chi connectivity index (χ2v) is 9.37. The van der Waals surface area contributed by atoms with Gasteiger partial charge < -0.3 is 9.72 Å². The van der Waals surface area contributed by atoms with Gasteiger partial charge in [0.25, 0.3) is 0 Å².